The van der Waals surface area contributed by atoms with E-state index in [0.717, 1.165) is 11.3 Å². The molecule has 1 atom stereocenters. The Morgan fingerprint density at radius 3 is 2.71 bits per heavy atom. The number of hydrogen-bond acceptors (Lipinski definition) is 4. The lowest BCUT2D eigenvalue weighted by Crippen LogP contribution is -2.16. The third-order valence-corrected chi connectivity index (χ3v) is 2.17. The normalized spacial score (nSPS) is 16.4. The van der Waals surface area contributed by atoms with Crippen LogP contribution < -0.4 is 15.2 Å². The second kappa shape index (κ2) is 3.86. The van der Waals surface area contributed by atoms with Crippen LogP contribution in [-0.2, 0) is 0 Å². The molecule has 0 saturated heterocycles. The monoisotopic (exact) mass is 195 g/mol. The van der Waals surface area contributed by atoms with Crippen molar-refractivity contribution in [2.75, 3.05) is 19.8 Å². The van der Waals surface area contributed by atoms with E-state index in [1.54, 1.807) is 18.2 Å². The average Bonchev–Trinajstić information content (AvgIpc) is 2.27. The Balaban J connectivity index is 2.29. The topological polar surface area (TPSA) is 64.7 Å². The van der Waals surface area contributed by atoms with Crippen molar-refractivity contribution in [1.29, 1.82) is 0 Å². The fourth-order valence-corrected chi connectivity index (χ4v) is 1.40. The molecule has 3 N–H and O–H groups in total. The summed E-state index contributed by atoms with van der Waals surface area (Å²) in [5, 5.41) is 9.51. The number of rotatable bonds is 2. The Hall–Kier alpha value is -1.26. The van der Waals surface area contributed by atoms with Gasteiger partial charge in [0.25, 0.3) is 0 Å². The van der Waals surface area contributed by atoms with E-state index >= 15 is 0 Å². The molecule has 0 spiro atoms. The molecule has 2 rings (SSSR count). The Morgan fingerprint density at radius 1 is 1.29 bits per heavy atom. The molecule has 14 heavy (non-hydrogen) atoms. The maximum Gasteiger partial charge on any atom is 0.161 e. The van der Waals surface area contributed by atoms with Crippen molar-refractivity contribution < 1.29 is 14.6 Å². The molecular formula is C10H13NO3. The molecule has 0 bridgehead atoms. The molecule has 0 radical (unpaired) electrons. The number of aliphatic hydroxyl groups excluding tert-OH is 1. The van der Waals surface area contributed by atoms with Crippen molar-refractivity contribution >= 4 is 0 Å². The summed E-state index contributed by atoms with van der Waals surface area (Å²) in [5.41, 5.74) is 6.12. The number of aliphatic hydroxyl groups is 1. The largest absolute Gasteiger partial charge is 0.486 e. The molecule has 76 valence electrons. The van der Waals surface area contributed by atoms with Crippen LogP contribution in [0.25, 0.3) is 0 Å². The molecule has 0 aromatic heterocycles. The maximum absolute atomic E-state index is 9.51. The standard InChI is InChI=1S/C10H13NO3/c11-6-8(12)7-1-2-9-10(5-7)14-4-3-13-9/h1-2,5,8,12H,3-4,6,11H2/t8-/m0/s1. The Labute approximate surface area is 82.2 Å². The molecule has 0 unspecified atom stereocenters. The maximum atomic E-state index is 9.51. The number of nitrogens with two attached hydrogens (primary N) is 1. The lowest BCUT2D eigenvalue weighted by Gasteiger charge is -2.19. The van der Waals surface area contributed by atoms with Crippen molar-refractivity contribution in [2.45, 2.75) is 6.10 Å². The molecule has 1 heterocycles. The van der Waals surface area contributed by atoms with Crippen LogP contribution in [0.1, 0.15) is 11.7 Å². The molecule has 0 saturated carbocycles. The van der Waals surface area contributed by atoms with E-state index in [1.807, 2.05) is 0 Å². The highest BCUT2D eigenvalue weighted by molar-refractivity contribution is 5.44. The van der Waals surface area contributed by atoms with Gasteiger partial charge in [0.1, 0.15) is 13.2 Å². The second-order valence-electron chi connectivity index (χ2n) is 3.15. The molecule has 0 amide bonds. The highest BCUT2D eigenvalue weighted by Gasteiger charge is 2.14. The first kappa shape index (κ1) is 9.30. The summed E-state index contributed by atoms with van der Waals surface area (Å²) in [7, 11) is 0. The Morgan fingerprint density at radius 2 is 2.00 bits per heavy atom. The van der Waals surface area contributed by atoms with Crippen LogP contribution in [0.2, 0.25) is 0 Å². The fraction of sp³-hybridized carbons (Fsp3) is 0.400. The van der Waals surface area contributed by atoms with Gasteiger partial charge in [-0.2, -0.15) is 0 Å². The molecule has 0 aliphatic carbocycles. The van der Waals surface area contributed by atoms with Gasteiger partial charge in [0.2, 0.25) is 0 Å². The number of ether oxygens (including phenoxy) is 2. The molecule has 4 nitrogen and oxygen atoms in total. The highest BCUT2D eigenvalue weighted by Crippen LogP contribution is 2.32. The van der Waals surface area contributed by atoms with Crippen LogP contribution >= 0.6 is 0 Å². The summed E-state index contributed by atoms with van der Waals surface area (Å²) in [6.07, 6.45) is -0.633. The molecule has 1 aromatic rings. The molecular weight excluding hydrogens is 182 g/mol. The lowest BCUT2D eigenvalue weighted by atomic mass is 10.1. The minimum atomic E-state index is -0.633. The van der Waals surface area contributed by atoms with E-state index < -0.39 is 6.10 Å². The fourth-order valence-electron chi connectivity index (χ4n) is 1.40. The predicted molar refractivity (Wildman–Crippen MR) is 51.4 cm³/mol. The second-order valence-corrected chi connectivity index (χ2v) is 3.15. The Kier molecular flexibility index (Phi) is 2.56. The van der Waals surface area contributed by atoms with Gasteiger partial charge in [0, 0.05) is 6.54 Å². The Bertz CT molecular complexity index is 327. The molecule has 1 aliphatic rings. The summed E-state index contributed by atoms with van der Waals surface area (Å²) >= 11 is 0. The summed E-state index contributed by atoms with van der Waals surface area (Å²) in [4.78, 5) is 0. The first-order valence-corrected chi connectivity index (χ1v) is 4.59. The molecule has 4 heteroatoms. The first-order valence-electron chi connectivity index (χ1n) is 4.59. The van der Waals surface area contributed by atoms with Crippen LogP contribution in [0.4, 0.5) is 0 Å². The number of benzene rings is 1. The van der Waals surface area contributed by atoms with Crippen LogP contribution in [0.15, 0.2) is 18.2 Å². The van der Waals surface area contributed by atoms with Crippen LogP contribution in [-0.4, -0.2) is 24.9 Å². The van der Waals surface area contributed by atoms with Gasteiger partial charge in [-0.25, -0.2) is 0 Å². The quantitative estimate of drug-likeness (QED) is 0.719. The lowest BCUT2D eigenvalue weighted by molar-refractivity contribution is 0.166. The predicted octanol–water partition coefficient (Wildman–Crippen LogP) is 0.450. The zero-order chi connectivity index (χ0) is 9.97. The van der Waals surface area contributed by atoms with Gasteiger partial charge in [0.05, 0.1) is 6.10 Å². The summed E-state index contributed by atoms with van der Waals surface area (Å²) in [6.45, 7) is 1.33. The third kappa shape index (κ3) is 1.66. The van der Waals surface area contributed by atoms with E-state index in [9.17, 15) is 5.11 Å². The van der Waals surface area contributed by atoms with Gasteiger partial charge in [0.15, 0.2) is 11.5 Å². The van der Waals surface area contributed by atoms with Crippen LogP contribution in [0, 0.1) is 0 Å². The third-order valence-electron chi connectivity index (χ3n) is 2.17. The van der Waals surface area contributed by atoms with E-state index in [4.69, 9.17) is 15.2 Å². The van der Waals surface area contributed by atoms with Gasteiger partial charge in [-0.05, 0) is 17.7 Å². The van der Waals surface area contributed by atoms with E-state index in [-0.39, 0.29) is 6.54 Å². The summed E-state index contributed by atoms with van der Waals surface area (Å²) in [5.74, 6) is 1.41. The minimum Gasteiger partial charge on any atom is -0.486 e. The van der Waals surface area contributed by atoms with Crippen molar-refractivity contribution in [3.05, 3.63) is 23.8 Å². The molecule has 1 aromatic carbocycles. The van der Waals surface area contributed by atoms with E-state index in [2.05, 4.69) is 0 Å². The minimum absolute atomic E-state index is 0.208. The van der Waals surface area contributed by atoms with Gasteiger partial charge in [-0.3, -0.25) is 0 Å². The number of fused-ring (bicyclic) bond motifs is 1. The van der Waals surface area contributed by atoms with E-state index in [0.29, 0.717) is 19.0 Å². The van der Waals surface area contributed by atoms with Gasteiger partial charge < -0.3 is 20.3 Å². The zero-order valence-corrected chi connectivity index (χ0v) is 7.77. The van der Waals surface area contributed by atoms with Gasteiger partial charge in [-0.1, -0.05) is 6.07 Å². The smallest absolute Gasteiger partial charge is 0.161 e. The molecule has 0 fully saturated rings. The van der Waals surface area contributed by atoms with Gasteiger partial charge in [-0.15, -0.1) is 0 Å². The van der Waals surface area contributed by atoms with Crippen molar-refractivity contribution in [1.82, 2.24) is 0 Å². The first-order chi connectivity index (χ1) is 6.81. The van der Waals surface area contributed by atoms with Gasteiger partial charge >= 0.3 is 0 Å². The van der Waals surface area contributed by atoms with E-state index in [1.165, 1.54) is 0 Å². The zero-order valence-electron chi connectivity index (χ0n) is 7.77. The average molecular weight is 195 g/mol. The van der Waals surface area contributed by atoms with Crippen molar-refractivity contribution in [2.24, 2.45) is 5.73 Å². The van der Waals surface area contributed by atoms with Crippen LogP contribution in [0.3, 0.4) is 0 Å². The summed E-state index contributed by atoms with van der Waals surface area (Å²) < 4.78 is 10.7. The summed E-state index contributed by atoms with van der Waals surface area (Å²) in [6, 6.07) is 5.36. The molecule has 1 aliphatic heterocycles. The highest BCUT2D eigenvalue weighted by atomic mass is 16.6. The van der Waals surface area contributed by atoms with Crippen molar-refractivity contribution in [3.63, 3.8) is 0 Å². The SMILES string of the molecule is NC[C@H](O)c1ccc2c(c1)OCCO2. The number of hydrogen-bond donors (Lipinski definition) is 2. The van der Waals surface area contributed by atoms with Crippen molar-refractivity contribution in [3.8, 4) is 11.5 Å². The van der Waals surface area contributed by atoms with Crippen LogP contribution in [0.5, 0.6) is 11.5 Å².